The number of aromatic nitrogens is 1. The van der Waals surface area contributed by atoms with Crippen LogP contribution in [0, 0.1) is 11.3 Å². The van der Waals surface area contributed by atoms with E-state index in [-0.39, 0.29) is 0 Å². The molecule has 2 aromatic heterocycles. The molecule has 0 unspecified atom stereocenters. The third-order valence-corrected chi connectivity index (χ3v) is 2.90. The third kappa shape index (κ3) is 1.85. The summed E-state index contributed by atoms with van der Waals surface area (Å²) in [7, 11) is 0. The first-order valence-electron chi connectivity index (χ1n) is 5.67. The van der Waals surface area contributed by atoms with E-state index in [1.807, 2.05) is 36.4 Å². The molecule has 0 aliphatic rings. The van der Waals surface area contributed by atoms with Gasteiger partial charge in [-0.3, -0.25) is 4.98 Å². The van der Waals surface area contributed by atoms with E-state index >= 15 is 0 Å². The predicted molar refractivity (Wildman–Crippen MR) is 68.0 cm³/mol. The zero-order valence-corrected chi connectivity index (χ0v) is 9.63. The van der Waals surface area contributed by atoms with Crippen molar-refractivity contribution in [2.45, 2.75) is 6.42 Å². The maximum Gasteiger partial charge on any atom is 0.155 e. The van der Waals surface area contributed by atoms with Gasteiger partial charge in [0, 0.05) is 18.0 Å². The number of hydrogen-bond donors (Lipinski definition) is 0. The maximum atomic E-state index is 8.75. The molecule has 3 nitrogen and oxygen atoms in total. The van der Waals surface area contributed by atoms with Crippen molar-refractivity contribution in [3.8, 4) is 6.07 Å². The number of hydrogen-bond acceptors (Lipinski definition) is 3. The van der Waals surface area contributed by atoms with Gasteiger partial charge in [0.05, 0.1) is 23.6 Å². The van der Waals surface area contributed by atoms with Gasteiger partial charge in [-0.1, -0.05) is 12.1 Å². The van der Waals surface area contributed by atoms with Crippen molar-refractivity contribution in [3.63, 3.8) is 0 Å². The van der Waals surface area contributed by atoms with Gasteiger partial charge in [-0.2, -0.15) is 5.26 Å². The predicted octanol–water partition coefficient (Wildman–Crippen LogP) is 3.29. The minimum Gasteiger partial charge on any atom is -0.462 e. The van der Waals surface area contributed by atoms with E-state index in [4.69, 9.17) is 9.68 Å². The van der Waals surface area contributed by atoms with E-state index in [0.29, 0.717) is 12.0 Å². The monoisotopic (exact) mass is 234 g/mol. The summed E-state index contributed by atoms with van der Waals surface area (Å²) in [6.07, 6.45) is 4.17. The number of nitrogens with zero attached hydrogens (tertiary/aromatic N) is 2. The summed E-state index contributed by atoms with van der Waals surface area (Å²) >= 11 is 0. The lowest BCUT2D eigenvalue weighted by Gasteiger charge is -2.02. The maximum absolute atomic E-state index is 8.75. The topological polar surface area (TPSA) is 49.8 Å². The Hall–Kier alpha value is -2.60. The summed E-state index contributed by atoms with van der Waals surface area (Å²) in [5, 5.41) is 9.82. The Bertz CT molecular complexity index is 720. The van der Waals surface area contributed by atoms with Gasteiger partial charge in [-0.15, -0.1) is 0 Å². The highest BCUT2D eigenvalue weighted by atomic mass is 16.3. The summed E-state index contributed by atoms with van der Waals surface area (Å²) in [4.78, 5) is 4.36. The zero-order chi connectivity index (χ0) is 12.4. The number of pyridine rings is 1. The summed E-state index contributed by atoms with van der Waals surface area (Å²) in [5.41, 5.74) is 3.54. The lowest BCUT2D eigenvalue weighted by Crippen LogP contribution is -1.92. The molecule has 3 rings (SSSR count). The molecule has 18 heavy (non-hydrogen) atoms. The fourth-order valence-electron chi connectivity index (χ4n) is 1.97. The van der Waals surface area contributed by atoms with Gasteiger partial charge in [-0.05, 0) is 29.8 Å². The van der Waals surface area contributed by atoms with Crippen LogP contribution >= 0.6 is 0 Å². The Morgan fingerprint density at radius 2 is 1.94 bits per heavy atom. The molecule has 3 aromatic rings. The van der Waals surface area contributed by atoms with Crippen LogP contribution in [0.3, 0.4) is 0 Å². The standard InChI is InChI=1S/C15H10N2O/c16-10-12-3-1-11(2-4-12)9-14-15-13(5-7-17-14)6-8-18-15/h1-8H,9H2. The molecule has 0 bridgehead atoms. The molecule has 0 N–H and O–H groups in total. The van der Waals surface area contributed by atoms with E-state index in [1.54, 1.807) is 12.5 Å². The molecule has 0 saturated carbocycles. The first kappa shape index (κ1) is 10.5. The van der Waals surface area contributed by atoms with Gasteiger partial charge >= 0.3 is 0 Å². The molecule has 1 aromatic carbocycles. The Morgan fingerprint density at radius 1 is 1.11 bits per heavy atom. The van der Waals surface area contributed by atoms with Crippen LogP contribution in [-0.2, 0) is 6.42 Å². The summed E-state index contributed by atoms with van der Waals surface area (Å²) < 4.78 is 5.45. The lowest BCUT2D eigenvalue weighted by atomic mass is 10.1. The van der Waals surface area contributed by atoms with Crippen molar-refractivity contribution in [2.24, 2.45) is 0 Å². The molecule has 0 amide bonds. The van der Waals surface area contributed by atoms with Crippen LogP contribution in [0.2, 0.25) is 0 Å². The molecule has 0 aliphatic carbocycles. The molecule has 86 valence electrons. The summed E-state index contributed by atoms with van der Waals surface area (Å²) in [6.45, 7) is 0. The summed E-state index contributed by atoms with van der Waals surface area (Å²) in [6, 6.07) is 13.5. The molecule has 0 saturated heterocycles. The molecular formula is C15H10N2O. The molecular weight excluding hydrogens is 224 g/mol. The fourth-order valence-corrected chi connectivity index (χ4v) is 1.97. The molecule has 0 aliphatic heterocycles. The largest absolute Gasteiger partial charge is 0.462 e. The zero-order valence-electron chi connectivity index (χ0n) is 9.63. The van der Waals surface area contributed by atoms with Gasteiger partial charge in [0.15, 0.2) is 5.58 Å². The van der Waals surface area contributed by atoms with Crippen molar-refractivity contribution in [1.29, 1.82) is 5.26 Å². The van der Waals surface area contributed by atoms with Crippen LogP contribution in [0.5, 0.6) is 0 Å². The van der Waals surface area contributed by atoms with Crippen molar-refractivity contribution in [1.82, 2.24) is 4.98 Å². The van der Waals surface area contributed by atoms with E-state index in [1.165, 1.54) is 0 Å². The highest BCUT2D eigenvalue weighted by Crippen LogP contribution is 2.20. The number of benzene rings is 1. The van der Waals surface area contributed by atoms with Gasteiger partial charge in [0.1, 0.15) is 0 Å². The number of rotatable bonds is 2. The Kier molecular flexibility index (Phi) is 2.54. The molecule has 3 heteroatoms. The number of furan rings is 1. The quantitative estimate of drug-likeness (QED) is 0.683. The van der Waals surface area contributed by atoms with Crippen molar-refractivity contribution in [2.75, 3.05) is 0 Å². The van der Waals surface area contributed by atoms with E-state index < -0.39 is 0 Å². The Balaban J connectivity index is 1.96. The minimum absolute atomic E-state index is 0.669. The van der Waals surface area contributed by atoms with Crippen molar-refractivity contribution in [3.05, 3.63) is 65.7 Å². The van der Waals surface area contributed by atoms with Crippen LogP contribution in [0.1, 0.15) is 16.8 Å². The van der Waals surface area contributed by atoms with Crippen molar-refractivity contribution < 1.29 is 4.42 Å². The Labute approximate surface area is 104 Å². The molecule has 2 heterocycles. The Morgan fingerprint density at radius 3 is 2.72 bits per heavy atom. The number of nitriles is 1. The van der Waals surface area contributed by atoms with Crippen LogP contribution in [0.25, 0.3) is 11.0 Å². The van der Waals surface area contributed by atoms with Gasteiger partial charge in [0.2, 0.25) is 0 Å². The van der Waals surface area contributed by atoms with Crippen LogP contribution < -0.4 is 0 Å². The average molecular weight is 234 g/mol. The second-order valence-corrected chi connectivity index (χ2v) is 4.08. The van der Waals surface area contributed by atoms with E-state index in [9.17, 15) is 0 Å². The first-order valence-corrected chi connectivity index (χ1v) is 5.67. The molecule has 0 fully saturated rings. The number of fused-ring (bicyclic) bond motifs is 1. The van der Waals surface area contributed by atoms with Gasteiger partial charge in [-0.25, -0.2) is 0 Å². The lowest BCUT2D eigenvalue weighted by molar-refractivity contribution is 0.609. The first-order chi connectivity index (χ1) is 8.86. The van der Waals surface area contributed by atoms with E-state index in [0.717, 1.165) is 22.2 Å². The van der Waals surface area contributed by atoms with Crippen LogP contribution in [0.15, 0.2) is 53.3 Å². The van der Waals surface area contributed by atoms with Gasteiger partial charge < -0.3 is 4.42 Å². The molecule has 0 spiro atoms. The second-order valence-electron chi connectivity index (χ2n) is 4.08. The van der Waals surface area contributed by atoms with Crippen LogP contribution in [-0.4, -0.2) is 4.98 Å². The molecule has 0 atom stereocenters. The van der Waals surface area contributed by atoms with Gasteiger partial charge in [0.25, 0.3) is 0 Å². The normalized spacial score (nSPS) is 10.4. The third-order valence-electron chi connectivity index (χ3n) is 2.90. The van der Waals surface area contributed by atoms with Crippen LogP contribution in [0.4, 0.5) is 0 Å². The molecule has 0 radical (unpaired) electrons. The minimum atomic E-state index is 0.669. The summed E-state index contributed by atoms with van der Waals surface area (Å²) in [5.74, 6) is 0. The second kappa shape index (κ2) is 4.34. The SMILES string of the molecule is N#Cc1ccc(Cc2nccc3ccoc23)cc1. The smallest absolute Gasteiger partial charge is 0.155 e. The average Bonchev–Trinajstić information content (AvgIpc) is 2.89. The van der Waals surface area contributed by atoms with Crippen molar-refractivity contribution >= 4 is 11.0 Å². The highest BCUT2D eigenvalue weighted by molar-refractivity contribution is 5.78. The fraction of sp³-hybridized carbons (Fsp3) is 0.0667. The highest BCUT2D eigenvalue weighted by Gasteiger charge is 2.06. The van der Waals surface area contributed by atoms with E-state index in [2.05, 4.69) is 11.1 Å².